The zero-order valence-corrected chi connectivity index (χ0v) is 14.6. The number of ether oxygens (including phenoxy) is 1. The highest BCUT2D eigenvalue weighted by Gasteiger charge is 2.21. The van der Waals surface area contributed by atoms with E-state index in [1.54, 1.807) is 7.11 Å². The maximum Gasteiger partial charge on any atom is 0.182 e. The van der Waals surface area contributed by atoms with Crippen LogP contribution in [0, 0.1) is 0 Å². The monoisotopic (exact) mass is 336 g/mol. The van der Waals surface area contributed by atoms with Crippen LogP contribution in [0.1, 0.15) is 36.0 Å². The van der Waals surface area contributed by atoms with Gasteiger partial charge in [-0.15, -0.1) is 0 Å². The lowest BCUT2D eigenvalue weighted by Gasteiger charge is -2.27. The molecule has 0 aromatic heterocycles. The summed E-state index contributed by atoms with van der Waals surface area (Å²) in [7, 11) is 1.66. The largest absolute Gasteiger partial charge is 0.495 e. The summed E-state index contributed by atoms with van der Waals surface area (Å²) in [4.78, 5) is 19.6. The summed E-state index contributed by atoms with van der Waals surface area (Å²) in [6.07, 6.45) is 4.28. The van der Waals surface area contributed by atoms with Crippen LogP contribution in [0.15, 0.2) is 59.6 Å². The Bertz CT molecular complexity index is 741. The highest BCUT2D eigenvalue weighted by molar-refractivity contribution is 6.07. The molecule has 3 rings (SSSR count). The number of methoxy groups -OCH3 is 1. The number of aliphatic imine (C=N–C) groups is 1. The van der Waals surface area contributed by atoms with Crippen molar-refractivity contribution in [3.63, 3.8) is 0 Å². The van der Waals surface area contributed by atoms with Crippen LogP contribution in [0.3, 0.4) is 0 Å². The molecule has 0 fully saturated rings. The van der Waals surface area contributed by atoms with Gasteiger partial charge in [-0.1, -0.05) is 48.9 Å². The molecule has 0 saturated carbocycles. The van der Waals surface area contributed by atoms with Crippen LogP contribution in [-0.4, -0.2) is 31.8 Å². The third-order valence-corrected chi connectivity index (χ3v) is 4.44. The average molecular weight is 336 g/mol. The van der Waals surface area contributed by atoms with Gasteiger partial charge in [0.2, 0.25) is 0 Å². The molecule has 1 heterocycles. The molecule has 0 atom stereocenters. The van der Waals surface area contributed by atoms with Crippen molar-refractivity contribution in [1.29, 1.82) is 0 Å². The minimum Gasteiger partial charge on any atom is -0.495 e. The Balaban J connectivity index is 1.94. The summed E-state index contributed by atoms with van der Waals surface area (Å²) >= 11 is 0. The van der Waals surface area contributed by atoms with Gasteiger partial charge in [0, 0.05) is 18.5 Å². The summed E-state index contributed by atoms with van der Waals surface area (Å²) < 4.78 is 5.53. The van der Waals surface area contributed by atoms with Gasteiger partial charge in [-0.3, -0.25) is 9.79 Å². The number of carbonyl (C=O) groups excluding carboxylic acids is 1. The standard InChI is InChI=1S/C21H24N2O2/c1-25-20-13-8-7-12-18(20)23(21-14-6-3-9-15-22-21)16-19(24)17-10-4-2-5-11-17/h2,4-5,7-8,10-13H,3,6,9,14-16H2,1H3. The molecule has 2 aromatic rings. The number of para-hydroxylation sites is 2. The van der Waals surface area contributed by atoms with Gasteiger partial charge < -0.3 is 9.64 Å². The van der Waals surface area contributed by atoms with E-state index in [2.05, 4.69) is 0 Å². The molecule has 25 heavy (non-hydrogen) atoms. The van der Waals surface area contributed by atoms with Crippen molar-refractivity contribution < 1.29 is 9.53 Å². The maximum atomic E-state index is 12.8. The number of amidine groups is 1. The predicted octanol–water partition coefficient (Wildman–Crippen LogP) is 4.36. The molecule has 0 amide bonds. The average Bonchev–Trinajstić information content (AvgIpc) is 2.96. The third kappa shape index (κ3) is 4.27. The first-order valence-electron chi connectivity index (χ1n) is 8.81. The van der Waals surface area contributed by atoms with Gasteiger partial charge in [0.15, 0.2) is 5.78 Å². The first kappa shape index (κ1) is 17.2. The normalized spacial score (nSPS) is 14.4. The first-order valence-corrected chi connectivity index (χ1v) is 8.81. The lowest BCUT2D eigenvalue weighted by molar-refractivity contribution is 0.100. The summed E-state index contributed by atoms with van der Waals surface area (Å²) in [5, 5.41) is 0. The molecule has 130 valence electrons. The lowest BCUT2D eigenvalue weighted by Crippen LogP contribution is -2.36. The number of Topliss-reactive ketones (excluding diaryl/α,β-unsaturated/α-hetero) is 1. The van der Waals surface area contributed by atoms with Crippen LogP contribution in [0.25, 0.3) is 0 Å². The van der Waals surface area contributed by atoms with Crippen molar-refractivity contribution in [2.45, 2.75) is 25.7 Å². The van der Waals surface area contributed by atoms with E-state index < -0.39 is 0 Å². The van der Waals surface area contributed by atoms with Crippen LogP contribution in [-0.2, 0) is 0 Å². The van der Waals surface area contributed by atoms with Gasteiger partial charge in [0.1, 0.15) is 11.6 Å². The molecular weight excluding hydrogens is 312 g/mol. The lowest BCUT2D eigenvalue weighted by atomic mass is 10.1. The molecule has 0 N–H and O–H groups in total. The number of ketones is 1. The Labute approximate surface area is 149 Å². The summed E-state index contributed by atoms with van der Waals surface area (Å²) in [5.41, 5.74) is 1.62. The Morgan fingerprint density at radius 3 is 2.60 bits per heavy atom. The van der Waals surface area contributed by atoms with Gasteiger partial charge in [0.05, 0.1) is 19.3 Å². The molecule has 0 aliphatic carbocycles. The summed E-state index contributed by atoms with van der Waals surface area (Å²) in [5.74, 6) is 1.82. The van der Waals surface area contributed by atoms with Crippen molar-refractivity contribution in [2.24, 2.45) is 4.99 Å². The molecule has 1 aliphatic rings. The number of hydrogen-bond donors (Lipinski definition) is 0. The van der Waals surface area contributed by atoms with Gasteiger partial charge >= 0.3 is 0 Å². The van der Waals surface area contributed by atoms with E-state index in [0.717, 1.165) is 48.6 Å². The van der Waals surface area contributed by atoms with Crippen molar-refractivity contribution in [2.75, 3.05) is 25.1 Å². The van der Waals surface area contributed by atoms with E-state index in [-0.39, 0.29) is 12.3 Å². The number of carbonyl (C=O) groups is 1. The van der Waals surface area contributed by atoms with E-state index in [1.165, 1.54) is 6.42 Å². The third-order valence-electron chi connectivity index (χ3n) is 4.44. The number of rotatable bonds is 5. The fourth-order valence-corrected chi connectivity index (χ4v) is 3.11. The van der Waals surface area contributed by atoms with Crippen molar-refractivity contribution in [1.82, 2.24) is 0 Å². The van der Waals surface area contributed by atoms with E-state index in [0.29, 0.717) is 0 Å². The Hall–Kier alpha value is -2.62. The predicted molar refractivity (Wildman–Crippen MR) is 102 cm³/mol. The molecule has 0 saturated heterocycles. The van der Waals surface area contributed by atoms with Gasteiger partial charge in [0.25, 0.3) is 0 Å². The highest BCUT2D eigenvalue weighted by atomic mass is 16.5. The molecule has 4 nitrogen and oxygen atoms in total. The van der Waals surface area contributed by atoms with Crippen LogP contribution in [0.4, 0.5) is 5.69 Å². The minimum atomic E-state index is 0.0819. The number of benzene rings is 2. The maximum absolute atomic E-state index is 12.8. The van der Waals surface area contributed by atoms with Crippen molar-refractivity contribution in [3.8, 4) is 5.75 Å². The molecule has 1 aliphatic heterocycles. The van der Waals surface area contributed by atoms with E-state index >= 15 is 0 Å². The Morgan fingerprint density at radius 2 is 1.80 bits per heavy atom. The van der Waals surface area contributed by atoms with E-state index in [9.17, 15) is 4.79 Å². The molecule has 0 spiro atoms. The fourth-order valence-electron chi connectivity index (χ4n) is 3.11. The number of nitrogens with zero attached hydrogens (tertiary/aromatic N) is 2. The highest BCUT2D eigenvalue weighted by Crippen LogP contribution is 2.29. The Kier molecular flexibility index (Phi) is 5.83. The van der Waals surface area contributed by atoms with Gasteiger partial charge in [-0.2, -0.15) is 0 Å². The second-order valence-electron chi connectivity index (χ2n) is 6.16. The SMILES string of the molecule is COc1ccccc1N(CC(=O)c1ccccc1)C1=NCCCCC1. The zero-order chi connectivity index (χ0) is 17.5. The first-order chi connectivity index (χ1) is 12.3. The molecular formula is C21H24N2O2. The topological polar surface area (TPSA) is 41.9 Å². The fraction of sp³-hybridized carbons (Fsp3) is 0.333. The molecule has 4 heteroatoms. The van der Waals surface area contributed by atoms with E-state index in [1.807, 2.05) is 59.5 Å². The second kappa shape index (κ2) is 8.47. The second-order valence-corrected chi connectivity index (χ2v) is 6.16. The molecule has 0 bridgehead atoms. The summed E-state index contributed by atoms with van der Waals surface area (Å²) in [6, 6.07) is 17.2. The minimum absolute atomic E-state index is 0.0819. The smallest absolute Gasteiger partial charge is 0.182 e. The molecule has 2 aromatic carbocycles. The summed E-state index contributed by atoms with van der Waals surface area (Å²) in [6.45, 7) is 1.09. The van der Waals surface area contributed by atoms with Crippen LogP contribution < -0.4 is 9.64 Å². The van der Waals surface area contributed by atoms with E-state index in [4.69, 9.17) is 9.73 Å². The van der Waals surface area contributed by atoms with Crippen LogP contribution in [0.2, 0.25) is 0 Å². The van der Waals surface area contributed by atoms with Gasteiger partial charge in [-0.05, 0) is 25.0 Å². The van der Waals surface area contributed by atoms with Crippen molar-refractivity contribution >= 4 is 17.3 Å². The number of hydrogen-bond acceptors (Lipinski definition) is 4. The molecule has 0 unspecified atom stereocenters. The van der Waals surface area contributed by atoms with Gasteiger partial charge in [-0.25, -0.2) is 0 Å². The number of anilines is 1. The Morgan fingerprint density at radius 1 is 1.04 bits per heavy atom. The van der Waals surface area contributed by atoms with Crippen molar-refractivity contribution in [3.05, 3.63) is 60.2 Å². The van der Waals surface area contributed by atoms with Crippen LogP contribution in [0.5, 0.6) is 5.75 Å². The zero-order valence-electron chi connectivity index (χ0n) is 14.6. The quantitative estimate of drug-likeness (QED) is 0.762. The molecule has 0 radical (unpaired) electrons. The van der Waals surface area contributed by atoms with Crippen LogP contribution >= 0.6 is 0 Å².